The van der Waals surface area contributed by atoms with E-state index in [0.717, 1.165) is 19.6 Å². The van der Waals surface area contributed by atoms with E-state index in [1.807, 2.05) is 13.8 Å². The summed E-state index contributed by atoms with van der Waals surface area (Å²) in [6, 6.07) is 1.02. The van der Waals surface area contributed by atoms with Gasteiger partial charge in [-0.05, 0) is 19.4 Å². The van der Waals surface area contributed by atoms with Crippen LogP contribution in [0.25, 0.3) is 0 Å². The molecule has 3 nitrogen and oxygen atoms in total. The predicted molar refractivity (Wildman–Crippen MR) is 62.8 cm³/mol. The number of hydrogen-bond donors (Lipinski definition) is 0. The maximum atomic E-state index is 11.4. The first-order chi connectivity index (χ1) is 7.22. The van der Waals surface area contributed by atoms with Crippen LogP contribution in [0.5, 0.6) is 0 Å². The van der Waals surface area contributed by atoms with E-state index in [1.165, 1.54) is 12.8 Å². The molecule has 0 aromatic carbocycles. The Kier molecular flexibility index (Phi) is 4.58. The van der Waals surface area contributed by atoms with Crippen molar-refractivity contribution < 1.29 is 4.79 Å². The molecule has 0 N–H and O–H groups in total. The lowest BCUT2D eigenvalue weighted by molar-refractivity contribution is -0.134. The fraction of sp³-hybridized carbons (Fsp3) is 0.917. The number of fused-ring (bicyclic) bond motifs is 2. The molecule has 0 radical (unpaired) electrons. The maximum absolute atomic E-state index is 11.4. The number of likely N-dealkylation sites (N-methyl/N-ethyl adjacent to an activating group) is 1. The van der Waals surface area contributed by atoms with Crippen molar-refractivity contribution in [2.45, 2.75) is 52.6 Å². The quantitative estimate of drug-likeness (QED) is 0.661. The van der Waals surface area contributed by atoms with Crippen LogP contribution in [0.15, 0.2) is 0 Å². The number of amides is 1. The SMILES string of the molecule is CC.CCN1CC2CCC(C1)N2C(C)=O. The lowest BCUT2D eigenvalue weighted by atomic mass is 10.2. The summed E-state index contributed by atoms with van der Waals surface area (Å²) in [4.78, 5) is 15.9. The van der Waals surface area contributed by atoms with E-state index in [-0.39, 0.29) is 5.91 Å². The first kappa shape index (κ1) is 12.5. The van der Waals surface area contributed by atoms with E-state index < -0.39 is 0 Å². The summed E-state index contributed by atoms with van der Waals surface area (Å²) < 4.78 is 0. The van der Waals surface area contributed by atoms with Gasteiger partial charge in [-0.3, -0.25) is 9.69 Å². The van der Waals surface area contributed by atoms with E-state index in [2.05, 4.69) is 16.7 Å². The molecule has 2 rings (SSSR count). The Morgan fingerprint density at radius 1 is 1.20 bits per heavy atom. The predicted octanol–water partition coefficient (Wildman–Crippen LogP) is 1.73. The van der Waals surface area contributed by atoms with Crippen molar-refractivity contribution in [1.82, 2.24) is 9.80 Å². The molecule has 2 aliphatic rings. The molecular weight excluding hydrogens is 188 g/mol. The van der Waals surface area contributed by atoms with E-state index in [0.29, 0.717) is 12.1 Å². The topological polar surface area (TPSA) is 23.6 Å². The summed E-state index contributed by atoms with van der Waals surface area (Å²) in [5.74, 6) is 0.267. The van der Waals surface area contributed by atoms with Crippen LogP contribution in [0.3, 0.4) is 0 Å². The highest BCUT2D eigenvalue weighted by Crippen LogP contribution is 2.29. The van der Waals surface area contributed by atoms with Gasteiger partial charge in [0.2, 0.25) is 5.91 Å². The molecule has 0 aliphatic carbocycles. The van der Waals surface area contributed by atoms with Crippen molar-refractivity contribution >= 4 is 5.91 Å². The van der Waals surface area contributed by atoms with Gasteiger partial charge in [0.25, 0.3) is 0 Å². The van der Waals surface area contributed by atoms with Crippen LogP contribution in [0.4, 0.5) is 0 Å². The second-order valence-corrected chi connectivity index (χ2v) is 4.16. The molecule has 2 heterocycles. The van der Waals surface area contributed by atoms with Crippen molar-refractivity contribution in [1.29, 1.82) is 0 Å². The molecule has 1 amide bonds. The molecule has 2 unspecified atom stereocenters. The molecule has 88 valence electrons. The number of likely N-dealkylation sites (tertiary alicyclic amines) is 1. The Hall–Kier alpha value is -0.570. The number of carbonyl (C=O) groups is 1. The number of piperazine rings is 1. The minimum Gasteiger partial charge on any atom is -0.334 e. The zero-order chi connectivity index (χ0) is 11.4. The molecule has 15 heavy (non-hydrogen) atoms. The Morgan fingerprint density at radius 2 is 1.67 bits per heavy atom. The molecule has 0 aromatic rings. The highest BCUT2D eigenvalue weighted by Gasteiger charge is 2.40. The average molecular weight is 212 g/mol. The second-order valence-electron chi connectivity index (χ2n) is 4.16. The van der Waals surface area contributed by atoms with E-state index in [9.17, 15) is 4.79 Å². The lowest BCUT2D eigenvalue weighted by Crippen LogP contribution is -2.55. The van der Waals surface area contributed by atoms with Gasteiger partial charge in [0, 0.05) is 32.1 Å². The minimum absolute atomic E-state index is 0.267. The summed E-state index contributed by atoms with van der Waals surface area (Å²) in [5.41, 5.74) is 0. The fourth-order valence-corrected chi connectivity index (χ4v) is 2.76. The van der Waals surface area contributed by atoms with Crippen molar-refractivity contribution in [3.8, 4) is 0 Å². The molecule has 0 spiro atoms. The van der Waals surface area contributed by atoms with Crippen LogP contribution in [-0.4, -0.2) is 47.4 Å². The Morgan fingerprint density at radius 3 is 2.00 bits per heavy atom. The van der Waals surface area contributed by atoms with E-state index in [4.69, 9.17) is 0 Å². The smallest absolute Gasteiger partial charge is 0.220 e. The van der Waals surface area contributed by atoms with Crippen molar-refractivity contribution in [3.05, 3.63) is 0 Å². The number of nitrogens with zero attached hydrogens (tertiary/aromatic N) is 2. The van der Waals surface area contributed by atoms with Crippen LogP contribution in [0, 0.1) is 0 Å². The van der Waals surface area contributed by atoms with Crippen molar-refractivity contribution in [2.75, 3.05) is 19.6 Å². The van der Waals surface area contributed by atoms with Gasteiger partial charge in [-0.2, -0.15) is 0 Å². The summed E-state index contributed by atoms with van der Waals surface area (Å²) >= 11 is 0. The third kappa shape index (κ3) is 2.51. The average Bonchev–Trinajstić information content (AvgIpc) is 2.53. The Balaban J connectivity index is 0.000000531. The standard InChI is InChI=1S/C10H18N2O.C2H6/c1-3-11-6-9-4-5-10(7-11)12(9)8(2)13;1-2/h9-10H,3-7H2,1-2H3;1-2H3. The first-order valence-corrected chi connectivity index (χ1v) is 6.23. The third-order valence-corrected chi connectivity index (χ3v) is 3.37. The summed E-state index contributed by atoms with van der Waals surface area (Å²) in [6.07, 6.45) is 2.42. The molecule has 2 aliphatic heterocycles. The lowest BCUT2D eigenvalue weighted by Gasteiger charge is -2.40. The molecule has 2 saturated heterocycles. The molecule has 2 atom stereocenters. The van der Waals surface area contributed by atoms with Gasteiger partial charge in [-0.15, -0.1) is 0 Å². The van der Waals surface area contributed by atoms with Crippen LogP contribution in [0.1, 0.15) is 40.5 Å². The summed E-state index contributed by atoms with van der Waals surface area (Å²) in [7, 11) is 0. The summed E-state index contributed by atoms with van der Waals surface area (Å²) in [5, 5.41) is 0. The Bertz CT molecular complexity index is 204. The van der Waals surface area contributed by atoms with Gasteiger partial charge >= 0.3 is 0 Å². The van der Waals surface area contributed by atoms with Crippen molar-refractivity contribution in [2.24, 2.45) is 0 Å². The van der Waals surface area contributed by atoms with E-state index in [1.54, 1.807) is 6.92 Å². The first-order valence-electron chi connectivity index (χ1n) is 6.23. The van der Waals surface area contributed by atoms with Crippen LogP contribution < -0.4 is 0 Å². The van der Waals surface area contributed by atoms with Crippen LogP contribution in [-0.2, 0) is 4.79 Å². The van der Waals surface area contributed by atoms with Crippen LogP contribution in [0.2, 0.25) is 0 Å². The van der Waals surface area contributed by atoms with Crippen molar-refractivity contribution in [3.63, 3.8) is 0 Å². The minimum atomic E-state index is 0.267. The maximum Gasteiger partial charge on any atom is 0.220 e. The zero-order valence-corrected chi connectivity index (χ0v) is 10.5. The van der Waals surface area contributed by atoms with Gasteiger partial charge in [-0.1, -0.05) is 20.8 Å². The molecular formula is C12H24N2O. The third-order valence-electron chi connectivity index (χ3n) is 3.37. The number of hydrogen-bond acceptors (Lipinski definition) is 2. The van der Waals surface area contributed by atoms with Crippen LogP contribution >= 0.6 is 0 Å². The molecule has 0 aromatic heterocycles. The van der Waals surface area contributed by atoms with Gasteiger partial charge in [0.05, 0.1) is 0 Å². The second kappa shape index (κ2) is 5.50. The number of rotatable bonds is 1. The highest BCUT2D eigenvalue weighted by atomic mass is 16.2. The van der Waals surface area contributed by atoms with Gasteiger partial charge < -0.3 is 4.90 Å². The van der Waals surface area contributed by atoms with Gasteiger partial charge in [0.1, 0.15) is 0 Å². The molecule has 0 saturated carbocycles. The zero-order valence-electron chi connectivity index (χ0n) is 10.5. The summed E-state index contributed by atoms with van der Waals surface area (Å²) in [6.45, 7) is 11.2. The van der Waals surface area contributed by atoms with Gasteiger partial charge in [-0.25, -0.2) is 0 Å². The largest absolute Gasteiger partial charge is 0.334 e. The molecule has 3 heteroatoms. The normalized spacial score (nSPS) is 29.7. The molecule has 2 bridgehead atoms. The van der Waals surface area contributed by atoms with E-state index >= 15 is 0 Å². The monoisotopic (exact) mass is 212 g/mol. The Labute approximate surface area is 93.4 Å². The number of carbonyl (C=O) groups excluding carboxylic acids is 1. The molecule has 2 fully saturated rings. The highest BCUT2D eigenvalue weighted by molar-refractivity contribution is 5.74. The fourth-order valence-electron chi connectivity index (χ4n) is 2.76. The van der Waals surface area contributed by atoms with Gasteiger partial charge in [0.15, 0.2) is 0 Å².